The fourth-order valence-electron chi connectivity index (χ4n) is 3.69. The quantitative estimate of drug-likeness (QED) is 0.657. The first-order valence-electron chi connectivity index (χ1n) is 8.51. The van der Waals surface area contributed by atoms with Crippen molar-refractivity contribution < 1.29 is 9.00 Å². The maximum absolute atomic E-state index is 14.0. The van der Waals surface area contributed by atoms with Gasteiger partial charge in [-0.15, -0.1) is 10.2 Å². The Hall–Kier alpha value is -3.23. The van der Waals surface area contributed by atoms with Crippen LogP contribution in [0.15, 0.2) is 35.0 Å². The van der Waals surface area contributed by atoms with E-state index in [1.54, 1.807) is 4.57 Å². The van der Waals surface area contributed by atoms with Gasteiger partial charge in [0.2, 0.25) is 5.82 Å². The molecule has 2 aliphatic heterocycles. The Morgan fingerprint density at radius 2 is 2.00 bits per heavy atom. The molecule has 0 saturated heterocycles. The summed E-state index contributed by atoms with van der Waals surface area (Å²) < 4.78 is 21.2. The van der Waals surface area contributed by atoms with Gasteiger partial charge in [0.25, 0.3) is 5.89 Å². The first kappa shape index (κ1) is 14.0. The van der Waals surface area contributed by atoms with Crippen molar-refractivity contribution in [3.8, 4) is 23.1 Å². The van der Waals surface area contributed by atoms with Crippen LogP contribution in [0.25, 0.3) is 28.9 Å². The smallest absolute Gasteiger partial charge is 0.296 e. The third-order valence-corrected chi connectivity index (χ3v) is 5.21. The number of halogens is 1. The van der Waals surface area contributed by atoms with Crippen LogP contribution in [0.1, 0.15) is 25.1 Å². The Kier molecular flexibility index (Phi) is 2.52. The van der Waals surface area contributed by atoms with Crippen LogP contribution in [0.3, 0.4) is 0 Å². The number of rotatable bonds is 2. The highest BCUT2D eigenvalue weighted by atomic mass is 19.2. The standard InChI is InChI=1S/C17H14FN7O/c1-9-6-11(9)14-19-17(26-22-14)16-21-20-15-10-4-2-3-5-12(10)24-8-23(18)7-13(24)25(15)16/h2-5,7,9,11H,6,8H2,1H3. The molecule has 1 aliphatic carbocycles. The van der Waals surface area contributed by atoms with Gasteiger partial charge >= 0.3 is 0 Å². The van der Waals surface area contributed by atoms with Gasteiger partial charge < -0.3 is 9.42 Å². The van der Waals surface area contributed by atoms with Crippen LogP contribution in [0, 0.1) is 5.92 Å². The number of hydrogen-bond acceptors (Lipinski definition) is 7. The summed E-state index contributed by atoms with van der Waals surface area (Å²) in [6, 6.07) is 7.74. The molecule has 4 heterocycles. The van der Waals surface area contributed by atoms with Crippen LogP contribution >= 0.6 is 0 Å². The third-order valence-electron chi connectivity index (χ3n) is 5.21. The molecule has 3 aromatic rings. The lowest BCUT2D eigenvalue weighted by molar-refractivity contribution is 0.104. The van der Waals surface area contributed by atoms with E-state index in [-0.39, 0.29) is 6.67 Å². The molecular weight excluding hydrogens is 337 g/mol. The van der Waals surface area contributed by atoms with Crippen LogP contribution in [-0.4, -0.2) is 36.7 Å². The lowest BCUT2D eigenvalue weighted by Gasteiger charge is -2.29. The minimum atomic E-state index is 0.109. The molecule has 0 spiro atoms. The van der Waals surface area contributed by atoms with Gasteiger partial charge in [0, 0.05) is 11.5 Å². The highest BCUT2D eigenvalue weighted by Gasteiger charge is 2.40. The lowest BCUT2D eigenvalue weighted by atomic mass is 10.1. The highest BCUT2D eigenvalue weighted by molar-refractivity contribution is 5.89. The van der Waals surface area contributed by atoms with Gasteiger partial charge in [-0.1, -0.05) is 28.7 Å². The van der Waals surface area contributed by atoms with Gasteiger partial charge in [-0.05, 0) is 24.5 Å². The van der Waals surface area contributed by atoms with E-state index in [0.29, 0.717) is 46.1 Å². The maximum atomic E-state index is 14.0. The molecule has 6 rings (SSSR count). The van der Waals surface area contributed by atoms with Crippen molar-refractivity contribution >= 4 is 11.5 Å². The normalized spacial score (nSPS) is 22.8. The predicted octanol–water partition coefficient (Wildman–Crippen LogP) is 2.85. The first-order chi connectivity index (χ1) is 12.7. The van der Waals surface area contributed by atoms with Crippen molar-refractivity contribution in [3.05, 3.63) is 36.3 Å². The Morgan fingerprint density at radius 3 is 2.85 bits per heavy atom. The molecule has 8 nitrogen and oxygen atoms in total. The summed E-state index contributed by atoms with van der Waals surface area (Å²) in [5.41, 5.74) is 1.78. The second kappa shape index (κ2) is 4.69. The molecule has 3 aliphatic rings. The molecule has 0 N–H and O–H groups in total. The number of fused-ring (bicyclic) bond motifs is 6. The van der Waals surface area contributed by atoms with E-state index < -0.39 is 0 Å². The molecule has 2 atom stereocenters. The number of para-hydroxylation sites is 1. The second-order valence-corrected chi connectivity index (χ2v) is 6.93. The molecule has 1 aromatic carbocycles. The van der Waals surface area contributed by atoms with E-state index in [1.165, 1.54) is 6.20 Å². The minimum Gasteiger partial charge on any atom is -0.330 e. The van der Waals surface area contributed by atoms with Crippen molar-refractivity contribution in [1.29, 1.82) is 0 Å². The molecule has 130 valence electrons. The summed E-state index contributed by atoms with van der Waals surface area (Å²) in [6.07, 6.45) is 2.49. The van der Waals surface area contributed by atoms with Gasteiger partial charge in [-0.2, -0.15) is 10.1 Å². The van der Waals surface area contributed by atoms with E-state index in [9.17, 15) is 4.48 Å². The van der Waals surface area contributed by atoms with Crippen LogP contribution in [0.5, 0.6) is 0 Å². The van der Waals surface area contributed by atoms with E-state index in [4.69, 9.17) is 4.52 Å². The summed E-state index contributed by atoms with van der Waals surface area (Å²) in [6.45, 7) is 2.27. The predicted molar refractivity (Wildman–Crippen MR) is 89.8 cm³/mol. The summed E-state index contributed by atoms with van der Waals surface area (Å²) in [5, 5.41) is 13.3. The van der Waals surface area contributed by atoms with E-state index in [0.717, 1.165) is 17.7 Å². The molecule has 2 unspecified atom stereocenters. The molecule has 0 amide bonds. The van der Waals surface area contributed by atoms with Crippen LogP contribution in [-0.2, 0) is 0 Å². The Balaban J connectivity index is 1.54. The molecule has 0 bridgehead atoms. The molecular formula is C17H14FN7O. The van der Waals surface area contributed by atoms with Crippen LogP contribution in [0.2, 0.25) is 0 Å². The Bertz CT molecular complexity index is 1070. The van der Waals surface area contributed by atoms with Crippen LogP contribution in [0.4, 0.5) is 10.2 Å². The number of aromatic nitrogens is 5. The SMILES string of the molecule is CC1CC1c1noc(-c2nnc3n2C2=CN(F)CN2c2ccccc2-3)n1. The van der Waals surface area contributed by atoms with Crippen molar-refractivity contribution in [2.45, 2.75) is 19.3 Å². The Labute approximate surface area is 147 Å². The highest BCUT2D eigenvalue weighted by Crippen LogP contribution is 2.47. The molecule has 26 heavy (non-hydrogen) atoms. The van der Waals surface area contributed by atoms with Gasteiger partial charge in [0.1, 0.15) is 12.5 Å². The molecule has 2 aromatic heterocycles. The zero-order valence-corrected chi connectivity index (χ0v) is 13.9. The molecule has 9 heteroatoms. The topological polar surface area (TPSA) is 76.1 Å². The van der Waals surface area contributed by atoms with Gasteiger partial charge in [0.05, 0.1) is 11.9 Å². The third kappa shape index (κ3) is 1.77. The maximum Gasteiger partial charge on any atom is 0.296 e. The van der Waals surface area contributed by atoms with E-state index >= 15 is 0 Å². The number of hydrogen-bond donors (Lipinski definition) is 0. The van der Waals surface area contributed by atoms with E-state index in [2.05, 4.69) is 27.3 Å². The summed E-state index contributed by atoms with van der Waals surface area (Å²) in [7, 11) is 0. The first-order valence-corrected chi connectivity index (χ1v) is 8.51. The average molecular weight is 351 g/mol. The lowest BCUT2D eigenvalue weighted by Crippen LogP contribution is -2.28. The zero-order chi connectivity index (χ0) is 17.4. The number of anilines is 1. The molecule has 1 saturated carbocycles. The fraction of sp³-hybridized carbons (Fsp3) is 0.294. The summed E-state index contributed by atoms with van der Waals surface area (Å²) in [4.78, 5) is 6.38. The van der Waals surface area contributed by atoms with Crippen molar-refractivity contribution in [2.75, 3.05) is 11.6 Å². The summed E-state index contributed by atoms with van der Waals surface area (Å²) >= 11 is 0. The number of benzene rings is 1. The van der Waals surface area contributed by atoms with Gasteiger partial charge in [-0.3, -0.25) is 4.57 Å². The number of nitrogens with zero attached hydrogens (tertiary/aromatic N) is 7. The second-order valence-electron chi connectivity index (χ2n) is 6.93. The van der Waals surface area contributed by atoms with E-state index in [1.807, 2.05) is 29.2 Å². The minimum absolute atomic E-state index is 0.109. The largest absolute Gasteiger partial charge is 0.330 e. The summed E-state index contributed by atoms with van der Waals surface area (Å²) in [5.74, 6) is 3.61. The average Bonchev–Trinajstić information content (AvgIpc) is 3.05. The van der Waals surface area contributed by atoms with Crippen molar-refractivity contribution in [1.82, 2.24) is 30.0 Å². The molecule has 1 fully saturated rings. The fourth-order valence-corrected chi connectivity index (χ4v) is 3.69. The van der Waals surface area contributed by atoms with Crippen LogP contribution < -0.4 is 4.90 Å². The van der Waals surface area contributed by atoms with Crippen molar-refractivity contribution in [3.63, 3.8) is 0 Å². The van der Waals surface area contributed by atoms with Gasteiger partial charge in [-0.25, -0.2) is 0 Å². The molecule has 0 radical (unpaired) electrons. The zero-order valence-electron chi connectivity index (χ0n) is 13.9. The monoisotopic (exact) mass is 351 g/mol. The van der Waals surface area contributed by atoms with Crippen molar-refractivity contribution in [2.24, 2.45) is 5.92 Å². The Morgan fingerprint density at radius 1 is 1.19 bits per heavy atom. The van der Waals surface area contributed by atoms with Gasteiger partial charge in [0.15, 0.2) is 11.6 Å².